The number of hydrogen-bond acceptors (Lipinski definition) is 0. The molecule has 4 nitrogen and oxygen atoms in total. The van der Waals surface area contributed by atoms with Crippen LogP contribution in [0.2, 0.25) is 0 Å². The Morgan fingerprint density at radius 1 is 0.440 bits per heavy atom. The van der Waals surface area contributed by atoms with Gasteiger partial charge in [-0.2, -0.15) is 0 Å². The Bertz CT molecular complexity index is 5390. The van der Waals surface area contributed by atoms with E-state index < -0.39 is 0 Å². The summed E-state index contributed by atoms with van der Waals surface area (Å²) in [4.78, 5) is 0. The molecule has 0 atom stereocenters. The van der Waals surface area contributed by atoms with Gasteiger partial charge in [0.25, 0.3) is 0 Å². The highest BCUT2D eigenvalue weighted by atomic mass is 15.1. The van der Waals surface area contributed by atoms with Crippen molar-refractivity contribution in [2.45, 2.75) is 104 Å². The molecular formula is C78H64B2N4. The molecule has 19 rings (SSSR count). The summed E-state index contributed by atoms with van der Waals surface area (Å²) in [6, 6.07) is 72.0. The number of fused-ring (bicyclic) bond motifs is 22. The third-order valence-corrected chi connectivity index (χ3v) is 22.1. The van der Waals surface area contributed by atoms with E-state index in [2.05, 4.69) is 262 Å². The first-order chi connectivity index (χ1) is 40.8. The van der Waals surface area contributed by atoms with Gasteiger partial charge in [-0.3, -0.25) is 0 Å². The average Bonchev–Trinajstić information content (AvgIpc) is 1.47. The molecule has 0 amide bonds. The van der Waals surface area contributed by atoms with Gasteiger partial charge >= 0.3 is 13.7 Å². The molecule has 4 aromatic heterocycles. The van der Waals surface area contributed by atoms with Crippen LogP contribution in [0.1, 0.15) is 110 Å². The molecule has 84 heavy (non-hydrogen) atoms. The number of nitrogens with zero attached hydrogens (tertiary/aromatic N) is 4. The summed E-state index contributed by atoms with van der Waals surface area (Å²) in [5.41, 5.74) is 35.2. The van der Waals surface area contributed by atoms with Crippen LogP contribution < -0.4 is 21.9 Å². The van der Waals surface area contributed by atoms with Crippen LogP contribution >= 0.6 is 0 Å². The first kappa shape index (κ1) is 47.7. The zero-order valence-electron chi connectivity index (χ0n) is 49.5. The molecule has 0 spiro atoms. The van der Waals surface area contributed by atoms with Gasteiger partial charge in [-0.05, 0) is 155 Å². The van der Waals surface area contributed by atoms with E-state index in [0.717, 1.165) is 6.42 Å². The number of aromatic nitrogens is 4. The summed E-state index contributed by atoms with van der Waals surface area (Å²) in [5, 5.41) is 7.94. The minimum atomic E-state index is -0.0825. The number of rotatable bonds is 5. The van der Waals surface area contributed by atoms with Crippen LogP contribution in [0.25, 0.3) is 132 Å². The van der Waals surface area contributed by atoms with Gasteiger partial charge in [-0.15, -0.1) is 0 Å². The topological polar surface area (TPSA) is 19.7 Å². The highest BCUT2D eigenvalue weighted by molar-refractivity contribution is 6.92. The lowest BCUT2D eigenvalue weighted by Crippen LogP contribution is -2.55. The van der Waals surface area contributed by atoms with Crippen molar-refractivity contribution in [1.82, 2.24) is 18.1 Å². The molecule has 5 aliphatic rings. The molecule has 402 valence electrons. The lowest BCUT2D eigenvalue weighted by Gasteiger charge is -2.42. The highest BCUT2D eigenvalue weighted by Crippen LogP contribution is 2.54. The van der Waals surface area contributed by atoms with Crippen LogP contribution in [0.4, 0.5) is 0 Å². The lowest BCUT2D eigenvalue weighted by molar-refractivity contribution is 0.332. The van der Waals surface area contributed by atoms with Crippen molar-refractivity contribution < 1.29 is 0 Å². The number of hydrogen-bond donors (Lipinski definition) is 0. The molecule has 8 heterocycles. The normalized spacial score (nSPS) is 15.6. The van der Waals surface area contributed by atoms with Crippen molar-refractivity contribution in [3.8, 4) is 55.9 Å². The van der Waals surface area contributed by atoms with E-state index in [-0.39, 0.29) is 29.9 Å². The largest absolute Gasteiger partial charge is 0.374 e. The Labute approximate surface area is 491 Å². The Kier molecular flexibility index (Phi) is 8.93. The smallest absolute Gasteiger partial charge is 0.333 e. The van der Waals surface area contributed by atoms with Crippen molar-refractivity contribution >= 4 is 112 Å². The van der Waals surface area contributed by atoms with E-state index >= 15 is 0 Å². The molecular weight excluding hydrogens is 1010 g/mol. The van der Waals surface area contributed by atoms with Gasteiger partial charge in [0.15, 0.2) is 0 Å². The summed E-state index contributed by atoms with van der Waals surface area (Å²) < 4.78 is 11.0. The minimum Gasteiger partial charge on any atom is -0.374 e. The van der Waals surface area contributed by atoms with Crippen molar-refractivity contribution in [2.24, 2.45) is 0 Å². The first-order valence-corrected chi connectivity index (χ1v) is 31.0. The maximum absolute atomic E-state index is 2.84. The summed E-state index contributed by atoms with van der Waals surface area (Å²) in [6.07, 6.45) is 3.44. The van der Waals surface area contributed by atoms with Crippen LogP contribution in [-0.4, -0.2) is 31.8 Å². The van der Waals surface area contributed by atoms with E-state index in [9.17, 15) is 0 Å². The van der Waals surface area contributed by atoms with Crippen molar-refractivity contribution in [2.75, 3.05) is 0 Å². The quantitative estimate of drug-likeness (QED) is 0.153. The zero-order chi connectivity index (χ0) is 56.4. The molecule has 0 fully saturated rings. The van der Waals surface area contributed by atoms with Crippen molar-refractivity contribution in [1.29, 1.82) is 0 Å². The maximum Gasteiger partial charge on any atom is 0.333 e. The van der Waals surface area contributed by atoms with Crippen LogP contribution in [-0.2, 0) is 16.2 Å². The van der Waals surface area contributed by atoms with Crippen molar-refractivity contribution in [3.05, 3.63) is 204 Å². The van der Waals surface area contributed by atoms with E-state index in [4.69, 9.17) is 0 Å². The second-order valence-electron chi connectivity index (χ2n) is 27.9. The number of para-hydroxylation sites is 6. The zero-order valence-corrected chi connectivity index (χ0v) is 49.5. The van der Waals surface area contributed by atoms with Gasteiger partial charge in [0.2, 0.25) is 0 Å². The fraction of sp³-hybridized carbons (Fsp3) is 0.205. The van der Waals surface area contributed by atoms with Gasteiger partial charge < -0.3 is 18.1 Å². The fourth-order valence-electron chi connectivity index (χ4n) is 17.7. The lowest BCUT2D eigenvalue weighted by atomic mass is 9.45. The van der Waals surface area contributed by atoms with E-state index in [0.29, 0.717) is 5.92 Å². The predicted octanol–water partition coefficient (Wildman–Crippen LogP) is 17.3. The number of benzene rings is 10. The average molecular weight is 1080 g/mol. The van der Waals surface area contributed by atoms with Gasteiger partial charge in [0.1, 0.15) is 0 Å². The van der Waals surface area contributed by atoms with Crippen LogP contribution in [0.3, 0.4) is 0 Å². The monoisotopic (exact) mass is 1080 g/mol. The van der Waals surface area contributed by atoms with E-state index in [1.54, 1.807) is 0 Å². The summed E-state index contributed by atoms with van der Waals surface area (Å²) >= 11 is 0. The molecule has 0 radical (unpaired) electrons. The van der Waals surface area contributed by atoms with Gasteiger partial charge in [0, 0.05) is 65.9 Å². The maximum atomic E-state index is 2.84. The summed E-state index contributed by atoms with van der Waals surface area (Å²) in [6.45, 7) is 21.6. The minimum absolute atomic E-state index is 0.0184. The van der Waals surface area contributed by atoms with E-state index in [1.807, 2.05) is 0 Å². The van der Waals surface area contributed by atoms with Crippen LogP contribution in [0.5, 0.6) is 0 Å². The molecule has 0 unspecified atom stereocenters. The van der Waals surface area contributed by atoms with Crippen molar-refractivity contribution in [3.63, 3.8) is 0 Å². The molecule has 10 aromatic carbocycles. The molecule has 0 bridgehead atoms. The molecule has 4 aliphatic heterocycles. The fourth-order valence-corrected chi connectivity index (χ4v) is 17.7. The molecule has 1 aliphatic carbocycles. The van der Waals surface area contributed by atoms with Gasteiger partial charge in [0.05, 0.1) is 33.1 Å². The molecule has 0 saturated heterocycles. The Balaban J connectivity index is 0.957. The SMILES string of the molecule is CCC(C)(C)c1cc(-c2cc3c4c5c2c2ccccc2n5-c2ccccc2B4n2c4c-3cccc4c3c2c2cccc4c2n3B2c3ccccc3-n3c5ccccc5c5c(-c6ccc7c(c6)C(C)(C)CCC7(C)C)cc-4c2c53)ccc1C(C)C. The molecule has 0 N–H and O–H groups in total. The molecule has 6 heteroatoms. The van der Waals surface area contributed by atoms with E-state index in [1.165, 1.54) is 189 Å². The van der Waals surface area contributed by atoms with Gasteiger partial charge in [-0.1, -0.05) is 208 Å². The Morgan fingerprint density at radius 3 is 1.43 bits per heavy atom. The van der Waals surface area contributed by atoms with Crippen LogP contribution in [0.15, 0.2) is 182 Å². The standard InChI is InChI=1S/C78H64B2N4/c1-10-76(4,5)58-39-44(33-35-46(58)43(2)3)53-41-55-47-23-19-25-51-70(47)83(79-60-27-13-17-31-64(60)81-62-29-15-11-21-49(62)66(53)74(81)68(55)79)73-52-26-20-24-48-56-42-54(45-34-36-57-59(40-45)78(8,9)38-37-77(57,6)7)67-50-22-12-16-30-63(50)82-65-32-18-14-28-61(65)80(69(56)75(67)82)84(71(48)52)72(51)73/h11-36,39-43H,10,37-38H2,1-9H3. The second kappa shape index (κ2) is 15.7. The first-order valence-electron chi connectivity index (χ1n) is 31.0. The Hall–Kier alpha value is -8.73. The molecule has 14 aromatic rings. The Morgan fingerprint density at radius 2 is 0.905 bits per heavy atom. The summed E-state index contributed by atoms with van der Waals surface area (Å²) in [7, 11) is 0. The highest BCUT2D eigenvalue weighted by Gasteiger charge is 2.48. The summed E-state index contributed by atoms with van der Waals surface area (Å²) in [5.74, 6) is 0.422. The third-order valence-electron chi connectivity index (χ3n) is 22.1. The predicted molar refractivity (Wildman–Crippen MR) is 359 cm³/mol. The second-order valence-corrected chi connectivity index (χ2v) is 27.9. The van der Waals surface area contributed by atoms with Gasteiger partial charge in [-0.25, -0.2) is 0 Å². The third kappa shape index (κ3) is 5.61. The van der Waals surface area contributed by atoms with Crippen LogP contribution in [0, 0.1) is 0 Å². The molecule has 0 saturated carbocycles.